The zero-order valence-corrected chi connectivity index (χ0v) is 7.96. The second-order valence-corrected chi connectivity index (χ2v) is 3.56. The van der Waals surface area contributed by atoms with E-state index in [9.17, 15) is 0 Å². The second kappa shape index (κ2) is 3.88. The number of rotatable bonds is 4. The molecule has 1 N–H and O–H groups in total. The van der Waals surface area contributed by atoms with Gasteiger partial charge < -0.3 is 5.11 Å². The van der Waals surface area contributed by atoms with Gasteiger partial charge in [-0.2, -0.15) is 0 Å². The molecule has 0 radical (unpaired) electrons. The molecule has 2 heteroatoms. The Labute approximate surface area is 69.5 Å². The number of hydrogen-bond donors (Lipinski definition) is 1. The van der Waals surface area contributed by atoms with Gasteiger partial charge in [0.25, 0.3) is 0 Å². The van der Waals surface area contributed by atoms with Crippen molar-refractivity contribution in [2.45, 2.75) is 32.4 Å². The Balaban J connectivity index is 4.21. The maximum Gasteiger partial charge on any atom is 0.0610 e. The zero-order valence-electron chi connectivity index (χ0n) is 7.96. The van der Waals surface area contributed by atoms with Crippen molar-refractivity contribution >= 4 is 0 Å². The Morgan fingerprint density at radius 2 is 2.09 bits per heavy atom. The lowest BCUT2D eigenvalue weighted by atomic mass is 10.0. The van der Waals surface area contributed by atoms with Gasteiger partial charge in [0.05, 0.1) is 6.61 Å². The van der Waals surface area contributed by atoms with E-state index in [1.165, 1.54) is 0 Å². The zero-order chi connectivity index (χ0) is 9.07. The van der Waals surface area contributed by atoms with E-state index in [0.29, 0.717) is 6.04 Å². The van der Waals surface area contributed by atoms with Crippen LogP contribution in [0, 0.1) is 0 Å². The van der Waals surface area contributed by atoms with Gasteiger partial charge in [0.15, 0.2) is 0 Å². The molecular weight excluding hydrogens is 138 g/mol. The standard InChI is InChI=1S/C9H19NO/c1-6-8(2)10(5)9(3,4)7-11/h6,8,11H,1,7H2,2-5H3. The van der Waals surface area contributed by atoms with Crippen molar-refractivity contribution in [3.05, 3.63) is 12.7 Å². The topological polar surface area (TPSA) is 23.5 Å². The molecule has 0 rings (SSSR count). The summed E-state index contributed by atoms with van der Waals surface area (Å²) in [5.41, 5.74) is -0.159. The number of nitrogens with zero attached hydrogens (tertiary/aromatic N) is 1. The van der Waals surface area contributed by atoms with E-state index in [1.807, 2.05) is 27.0 Å². The van der Waals surface area contributed by atoms with Gasteiger partial charge in [-0.15, -0.1) is 6.58 Å². The van der Waals surface area contributed by atoms with Crippen LogP contribution in [-0.2, 0) is 0 Å². The summed E-state index contributed by atoms with van der Waals surface area (Å²) in [6, 6.07) is 0.303. The molecule has 0 saturated carbocycles. The lowest BCUT2D eigenvalue weighted by molar-refractivity contribution is 0.0643. The minimum absolute atomic E-state index is 0.159. The van der Waals surface area contributed by atoms with Gasteiger partial charge in [-0.3, -0.25) is 4.90 Å². The summed E-state index contributed by atoms with van der Waals surface area (Å²) in [5, 5.41) is 9.03. The first-order chi connectivity index (χ1) is 4.95. The van der Waals surface area contributed by atoms with Crippen molar-refractivity contribution in [2.75, 3.05) is 13.7 Å². The fraction of sp³-hybridized carbons (Fsp3) is 0.778. The molecule has 0 aliphatic rings. The second-order valence-electron chi connectivity index (χ2n) is 3.56. The summed E-state index contributed by atoms with van der Waals surface area (Å²) in [7, 11) is 1.99. The monoisotopic (exact) mass is 157 g/mol. The first kappa shape index (κ1) is 10.7. The first-order valence-electron chi connectivity index (χ1n) is 3.92. The fourth-order valence-electron chi connectivity index (χ4n) is 0.821. The average molecular weight is 157 g/mol. The van der Waals surface area contributed by atoms with Gasteiger partial charge in [0.2, 0.25) is 0 Å². The lowest BCUT2D eigenvalue weighted by Gasteiger charge is -2.37. The van der Waals surface area contributed by atoms with Gasteiger partial charge in [-0.05, 0) is 27.8 Å². The molecule has 0 spiro atoms. The predicted octanol–water partition coefficient (Wildman–Crippen LogP) is 1.26. The highest BCUT2D eigenvalue weighted by Crippen LogP contribution is 2.14. The Morgan fingerprint density at radius 1 is 1.64 bits per heavy atom. The van der Waals surface area contributed by atoms with Crippen LogP contribution in [0.5, 0.6) is 0 Å². The van der Waals surface area contributed by atoms with E-state index in [0.717, 1.165) is 0 Å². The molecule has 0 aromatic carbocycles. The van der Waals surface area contributed by atoms with Crippen molar-refractivity contribution in [2.24, 2.45) is 0 Å². The van der Waals surface area contributed by atoms with Gasteiger partial charge in [-0.25, -0.2) is 0 Å². The molecule has 1 unspecified atom stereocenters. The molecule has 0 aliphatic carbocycles. The SMILES string of the molecule is C=CC(C)N(C)C(C)(C)CO. The van der Waals surface area contributed by atoms with Gasteiger partial charge in [-0.1, -0.05) is 6.08 Å². The molecule has 1 atom stereocenters. The van der Waals surface area contributed by atoms with Crippen LogP contribution in [0.1, 0.15) is 20.8 Å². The third-order valence-electron chi connectivity index (χ3n) is 2.29. The summed E-state index contributed by atoms with van der Waals surface area (Å²) in [6.45, 7) is 9.95. The van der Waals surface area contributed by atoms with E-state index < -0.39 is 0 Å². The van der Waals surface area contributed by atoms with Crippen molar-refractivity contribution in [3.63, 3.8) is 0 Å². The van der Waals surface area contributed by atoms with Crippen LogP contribution in [0.25, 0.3) is 0 Å². The minimum Gasteiger partial charge on any atom is -0.394 e. The Kier molecular flexibility index (Phi) is 3.76. The number of aliphatic hydroxyl groups excluding tert-OH is 1. The normalized spacial score (nSPS) is 15.1. The molecule has 0 fully saturated rings. The molecule has 0 bridgehead atoms. The summed E-state index contributed by atoms with van der Waals surface area (Å²) >= 11 is 0. The number of likely N-dealkylation sites (N-methyl/N-ethyl adjacent to an activating group) is 1. The summed E-state index contributed by atoms with van der Waals surface area (Å²) in [5.74, 6) is 0. The van der Waals surface area contributed by atoms with E-state index in [-0.39, 0.29) is 12.1 Å². The van der Waals surface area contributed by atoms with Crippen LogP contribution in [0.2, 0.25) is 0 Å². The maximum atomic E-state index is 9.03. The largest absolute Gasteiger partial charge is 0.394 e. The third-order valence-corrected chi connectivity index (χ3v) is 2.29. The summed E-state index contributed by atoms with van der Waals surface area (Å²) in [6.07, 6.45) is 1.87. The highest BCUT2D eigenvalue weighted by Gasteiger charge is 2.24. The molecular formula is C9H19NO. The van der Waals surface area contributed by atoms with E-state index in [2.05, 4.69) is 18.4 Å². The van der Waals surface area contributed by atoms with Crippen LogP contribution < -0.4 is 0 Å². The quantitative estimate of drug-likeness (QED) is 0.621. The molecule has 0 saturated heterocycles. The Hall–Kier alpha value is -0.340. The molecule has 66 valence electrons. The van der Waals surface area contributed by atoms with Crippen molar-refractivity contribution in [3.8, 4) is 0 Å². The Morgan fingerprint density at radius 3 is 2.36 bits per heavy atom. The lowest BCUT2D eigenvalue weighted by Crippen LogP contribution is -2.48. The molecule has 0 aromatic rings. The highest BCUT2D eigenvalue weighted by atomic mass is 16.3. The molecule has 0 aromatic heterocycles. The van der Waals surface area contributed by atoms with E-state index in [1.54, 1.807) is 0 Å². The molecule has 11 heavy (non-hydrogen) atoms. The fourth-order valence-corrected chi connectivity index (χ4v) is 0.821. The van der Waals surface area contributed by atoms with Crippen LogP contribution in [0.15, 0.2) is 12.7 Å². The summed E-state index contributed by atoms with van der Waals surface area (Å²) < 4.78 is 0. The minimum atomic E-state index is -0.159. The van der Waals surface area contributed by atoms with Gasteiger partial charge in [0.1, 0.15) is 0 Å². The molecule has 2 nitrogen and oxygen atoms in total. The van der Waals surface area contributed by atoms with E-state index in [4.69, 9.17) is 5.11 Å². The van der Waals surface area contributed by atoms with Crippen LogP contribution in [-0.4, -0.2) is 35.2 Å². The Bertz CT molecular complexity index is 132. The van der Waals surface area contributed by atoms with Gasteiger partial charge >= 0.3 is 0 Å². The molecule has 0 amide bonds. The summed E-state index contributed by atoms with van der Waals surface area (Å²) in [4.78, 5) is 2.10. The van der Waals surface area contributed by atoms with Crippen molar-refractivity contribution in [1.29, 1.82) is 0 Å². The predicted molar refractivity (Wildman–Crippen MR) is 48.6 cm³/mol. The van der Waals surface area contributed by atoms with Gasteiger partial charge in [0, 0.05) is 11.6 Å². The molecule has 0 aliphatic heterocycles. The van der Waals surface area contributed by atoms with Crippen molar-refractivity contribution in [1.82, 2.24) is 4.90 Å². The smallest absolute Gasteiger partial charge is 0.0610 e. The van der Waals surface area contributed by atoms with Crippen LogP contribution in [0.4, 0.5) is 0 Å². The number of aliphatic hydroxyl groups is 1. The number of hydrogen-bond acceptors (Lipinski definition) is 2. The van der Waals surface area contributed by atoms with Crippen molar-refractivity contribution < 1.29 is 5.11 Å². The maximum absolute atomic E-state index is 9.03. The molecule has 0 heterocycles. The average Bonchev–Trinajstić information content (AvgIpc) is 2.01. The highest BCUT2D eigenvalue weighted by molar-refractivity contribution is 4.90. The van der Waals surface area contributed by atoms with E-state index >= 15 is 0 Å². The van der Waals surface area contributed by atoms with Crippen LogP contribution in [0.3, 0.4) is 0 Å². The van der Waals surface area contributed by atoms with Crippen LogP contribution >= 0.6 is 0 Å². The first-order valence-corrected chi connectivity index (χ1v) is 3.92. The third kappa shape index (κ3) is 2.64.